The SMILES string of the molecule is CCCCCCCCCCCCCCCCCCCCCCCCCCCCCCC(=O)OCC(COC(=O)CCCCCCCCCCCC)OC(=O)CCCCCCCCCCCCCCCCCCC. The van der Waals surface area contributed by atoms with Gasteiger partial charge in [-0.05, 0) is 19.3 Å². The Kier molecular flexibility index (Phi) is 61.6. The van der Waals surface area contributed by atoms with Crippen molar-refractivity contribution in [3.8, 4) is 0 Å². The minimum atomic E-state index is -0.762. The fourth-order valence-corrected chi connectivity index (χ4v) is 10.6. The summed E-state index contributed by atoms with van der Waals surface area (Å²) in [6, 6.07) is 0. The van der Waals surface area contributed by atoms with Gasteiger partial charge >= 0.3 is 17.9 Å². The van der Waals surface area contributed by atoms with Crippen molar-refractivity contribution < 1.29 is 28.6 Å². The maximum Gasteiger partial charge on any atom is 0.306 e. The van der Waals surface area contributed by atoms with E-state index in [-0.39, 0.29) is 31.1 Å². The van der Waals surface area contributed by atoms with Gasteiger partial charge in [0, 0.05) is 19.3 Å². The van der Waals surface area contributed by atoms with Gasteiger partial charge in [-0.3, -0.25) is 14.4 Å². The molecule has 0 aromatic rings. The first-order valence-electron chi connectivity index (χ1n) is 33.5. The van der Waals surface area contributed by atoms with Crippen molar-refractivity contribution in [1.29, 1.82) is 0 Å². The fourth-order valence-electron chi connectivity index (χ4n) is 10.6. The molecule has 0 saturated heterocycles. The maximum absolute atomic E-state index is 12.9. The van der Waals surface area contributed by atoms with Gasteiger partial charge in [0.2, 0.25) is 0 Å². The summed E-state index contributed by atoms with van der Waals surface area (Å²) in [5.41, 5.74) is 0. The lowest BCUT2D eigenvalue weighted by molar-refractivity contribution is -0.167. The molecule has 0 aliphatic rings. The minimum Gasteiger partial charge on any atom is -0.462 e. The maximum atomic E-state index is 12.9. The molecule has 6 nitrogen and oxygen atoms in total. The lowest BCUT2D eigenvalue weighted by Gasteiger charge is -2.18. The minimum absolute atomic E-state index is 0.0608. The van der Waals surface area contributed by atoms with Crippen LogP contribution < -0.4 is 0 Å². The Morgan fingerprint density at radius 3 is 0.548 bits per heavy atom. The van der Waals surface area contributed by atoms with E-state index in [4.69, 9.17) is 14.2 Å². The van der Waals surface area contributed by atoms with Crippen LogP contribution in [-0.4, -0.2) is 37.2 Å². The highest BCUT2D eigenvalue weighted by molar-refractivity contribution is 5.71. The average Bonchev–Trinajstić information content (AvgIpc) is 3.39. The smallest absolute Gasteiger partial charge is 0.306 e. The van der Waals surface area contributed by atoms with Crippen molar-refractivity contribution in [2.45, 2.75) is 399 Å². The van der Waals surface area contributed by atoms with Crippen LogP contribution in [0.3, 0.4) is 0 Å². The Morgan fingerprint density at radius 2 is 0.370 bits per heavy atom. The number of unbranched alkanes of at least 4 members (excludes halogenated alkanes) is 52. The zero-order valence-corrected chi connectivity index (χ0v) is 50.0. The molecule has 0 aliphatic carbocycles. The van der Waals surface area contributed by atoms with Crippen LogP contribution in [0.1, 0.15) is 393 Å². The van der Waals surface area contributed by atoms with Crippen molar-refractivity contribution in [2.75, 3.05) is 13.2 Å². The molecule has 0 radical (unpaired) electrons. The topological polar surface area (TPSA) is 78.9 Å². The lowest BCUT2D eigenvalue weighted by Crippen LogP contribution is -2.30. The third kappa shape index (κ3) is 61.1. The molecule has 0 aromatic carbocycles. The zero-order chi connectivity index (χ0) is 52.9. The highest BCUT2D eigenvalue weighted by atomic mass is 16.6. The van der Waals surface area contributed by atoms with Crippen molar-refractivity contribution in [3.63, 3.8) is 0 Å². The second-order valence-electron chi connectivity index (χ2n) is 23.1. The molecular weight excluding hydrogens is 901 g/mol. The predicted molar refractivity (Wildman–Crippen MR) is 317 cm³/mol. The number of hydrogen-bond acceptors (Lipinski definition) is 6. The molecule has 0 rings (SSSR count). The van der Waals surface area contributed by atoms with E-state index in [1.807, 2.05) is 0 Å². The number of esters is 3. The normalized spacial score (nSPS) is 11.9. The molecule has 0 saturated carbocycles. The van der Waals surface area contributed by atoms with Crippen molar-refractivity contribution >= 4 is 17.9 Å². The number of hydrogen-bond donors (Lipinski definition) is 0. The Morgan fingerprint density at radius 1 is 0.219 bits per heavy atom. The average molecular weight is 1030 g/mol. The lowest BCUT2D eigenvalue weighted by atomic mass is 10.0. The zero-order valence-electron chi connectivity index (χ0n) is 50.0. The molecule has 0 aliphatic heterocycles. The van der Waals surface area contributed by atoms with Crippen molar-refractivity contribution in [1.82, 2.24) is 0 Å². The molecule has 0 bridgehead atoms. The molecule has 0 heterocycles. The molecule has 0 amide bonds. The Labute approximate surface area is 457 Å². The van der Waals surface area contributed by atoms with E-state index in [9.17, 15) is 14.4 Å². The summed E-state index contributed by atoms with van der Waals surface area (Å²) in [6.45, 7) is 6.71. The van der Waals surface area contributed by atoms with E-state index < -0.39 is 6.10 Å². The molecule has 0 aromatic heterocycles. The quantitative estimate of drug-likeness (QED) is 0.0343. The third-order valence-corrected chi connectivity index (χ3v) is 15.6. The van der Waals surface area contributed by atoms with Crippen LogP contribution in [0.2, 0.25) is 0 Å². The van der Waals surface area contributed by atoms with Crippen LogP contribution in [0.15, 0.2) is 0 Å². The van der Waals surface area contributed by atoms with E-state index >= 15 is 0 Å². The molecule has 1 unspecified atom stereocenters. The summed E-state index contributed by atoms with van der Waals surface area (Å²) < 4.78 is 16.9. The summed E-state index contributed by atoms with van der Waals surface area (Å²) in [6.07, 6.45) is 72.8. The standard InChI is InChI=1S/C67H130O6/c1-4-7-10-13-16-19-22-24-26-28-29-30-31-32-33-34-35-36-37-38-40-41-43-45-48-51-54-57-60-66(69)72-63-64(62-71-65(68)59-56-53-50-47-21-18-15-12-9-6-3)73-67(70)61-58-55-52-49-46-44-42-39-27-25-23-20-17-14-11-8-5-2/h64H,4-63H2,1-3H3. The Balaban J connectivity index is 4.08. The van der Waals surface area contributed by atoms with Gasteiger partial charge in [-0.25, -0.2) is 0 Å². The first-order chi connectivity index (χ1) is 36.0. The fraction of sp³-hybridized carbons (Fsp3) is 0.955. The molecular formula is C67H130O6. The monoisotopic (exact) mass is 1030 g/mol. The van der Waals surface area contributed by atoms with Gasteiger partial charge in [-0.15, -0.1) is 0 Å². The van der Waals surface area contributed by atoms with Gasteiger partial charge in [0.1, 0.15) is 13.2 Å². The van der Waals surface area contributed by atoms with Crippen molar-refractivity contribution in [3.05, 3.63) is 0 Å². The predicted octanol–water partition coefficient (Wildman–Crippen LogP) is 22.7. The number of ether oxygens (including phenoxy) is 3. The van der Waals surface area contributed by atoms with Gasteiger partial charge in [-0.2, -0.15) is 0 Å². The highest BCUT2D eigenvalue weighted by Crippen LogP contribution is 2.19. The molecule has 6 heteroatoms. The van der Waals surface area contributed by atoms with Crippen LogP contribution in [-0.2, 0) is 28.6 Å². The van der Waals surface area contributed by atoms with E-state index in [2.05, 4.69) is 20.8 Å². The number of carbonyl (C=O) groups excluding carboxylic acids is 3. The molecule has 0 N–H and O–H groups in total. The van der Waals surface area contributed by atoms with E-state index in [1.165, 1.54) is 295 Å². The molecule has 0 fully saturated rings. The van der Waals surface area contributed by atoms with Crippen LogP contribution in [0.25, 0.3) is 0 Å². The summed E-state index contributed by atoms with van der Waals surface area (Å²) in [5.74, 6) is -0.829. The number of rotatable bonds is 63. The summed E-state index contributed by atoms with van der Waals surface area (Å²) >= 11 is 0. The van der Waals surface area contributed by atoms with Crippen molar-refractivity contribution in [2.24, 2.45) is 0 Å². The summed E-state index contributed by atoms with van der Waals surface area (Å²) in [7, 11) is 0. The molecule has 434 valence electrons. The Bertz CT molecular complexity index is 1090. The summed E-state index contributed by atoms with van der Waals surface area (Å²) in [4.78, 5) is 38.2. The Hall–Kier alpha value is -1.59. The van der Waals surface area contributed by atoms with Crippen LogP contribution in [0, 0.1) is 0 Å². The van der Waals surface area contributed by atoms with Crippen LogP contribution in [0.5, 0.6) is 0 Å². The molecule has 73 heavy (non-hydrogen) atoms. The molecule has 0 spiro atoms. The van der Waals surface area contributed by atoms with Gasteiger partial charge in [-0.1, -0.05) is 355 Å². The summed E-state index contributed by atoms with van der Waals surface area (Å²) in [5, 5.41) is 0. The van der Waals surface area contributed by atoms with Crippen LogP contribution >= 0.6 is 0 Å². The highest BCUT2D eigenvalue weighted by Gasteiger charge is 2.19. The van der Waals surface area contributed by atoms with E-state index in [1.54, 1.807) is 0 Å². The van der Waals surface area contributed by atoms with Crippen LogP contribution in [0.4, 0.5) is 0 Å². The first kappa shape index (κ1) is 71.4. The number of carbonyl (C=O) groups is 3. The van der Waals surface area contributed by atoms with Gasteiger partial charge in [0.25, 0.3) is 0 Å². The van der Waals surface area contributed by atoms with E-state index in [0.29, 0.717) is 19.3 Å². The molecule has 1 atom stereocenters. The first-order valence-corrected chi connectivity index (χ1v) is 33.5. The largest absolute Gasteiger partial charge is 0.462 e. The van der Waals surface area contributed by atoms with Gasteiger partial charge < -0.3 is 14.2 Å². The second-order valence-corrected chi connectivity index (χ2v) is 23.1. The third-order valence-electron chi connectivity index (χ3n) is 15.6. The van der Waals surface area contributed by atoms with E-state index in [0.717, 1.165) is 57.8 Å². The van der Waals surface area contributed by atoms with Gasteiger partial charge in [0.15, 0.2) is 6.10 Å². The second kappa shape index (κ2) is 62.9. The van der Waals surface area contributed by atoms with Gasteiger partial charge in [0.05, 0.1) is 0 Å².